The van der Waals surface area contributed by atoms with Crippen molar-refractivity contribution in [1.29, 1.82) is 0 Å². The summed E-state index contributed by atoms with van der Waals surface area (Å²) in [6, 6.07) is 4.28. The van der Waals surface area contributed by atoms with Crippen LogP contribution in [0.15, 0.2) is 23.0 Å². The van der Waals surface area contributed by atoms with E-state index in [1.54, 1.807) is 29.7 Å². The smallest absolute Gasteiger partial charge is 0.261 e. The maximum absolute atomic E-state index is 12.9. The Hall–Kier alpha value is -2.70. The Labute approximate surface area is 164 Å². The normalized spacial score (nSPS) is 15.2. The van der Waals surface area contributed by atoms with Crippen LogP contribution >= 0.6 is 0 Å². The molecular formula is C21H28N4O3. The van der Waals surface area contributed by atoms with Gasteiger partial charge in [0.1, 0.15) is 11.9 Å². The van der Waals surface area contributed by atoms with Crippen LogP contribution in [0.2, 0.25) is 0 Å². The number of fused-ring (bicyclic) bond motifs is 2. The van der Waals surface area contributed by atoms with E-state index in [0.29, 0.717) is 29.6 Å². The summed E-state index contributed by atoms with van der Waals surface area (Å²) in [6.07, 6.45) is 5.89. The van der Waals surface area contributed by atoms with Crippen LogP contribution in [-0.2, 0) is 17.8 Å². The van der Waals surface area contributed by atoms with Gasteiger partial charge in [0.25, 0.3) is 11.5 Å². The third-order valence-electron chi connectivity index (χ3n) is 5.12. The van der Waals surface area contributed by atoms with E-state index in [9.17, 15) is 14.4 Å². The number of rotatable bonds is 5. The van der Waals surface area contributed by atoms with Crippen LogP contribution < -0.4 is 16.2 Å². The highest BCUT2D eigenvalue weighted by atomic mass is 16.2. The summed E-state index contributed by atoms with van der Waals surface area (Å²) >= 11 is 0. The van der Waals surface area contributed by atoms with Gasteiger partial charge in [0, 0.05) is 25.1 Å². The fourth-order valence-electron chi connectivity index (χ4n) is 3.48. The quantitative estimate of drug-likeness (QED) is 0.826. The number of benzene rings is 1. The average molecular weight is 384 g/mol. The van der Waals surface area contributed by atoms with Crippen molar-refractivity contribution in [2.45, 2.75) is 65.0 Å². The second-order valence-electron chi connectivity index (χ2n) is 7.37. The van der Waals surface area contributed by atoms with Gasteiger partial charge >= 0.3 is 0 Å². The third kappa shape index (κ3) is 4.40. The Morgan fingerprint density at radius 2 is 2.00 bits per heavy atom. The second kappa shape index (κ2) is 8.99. The number of aromatic nitrogens is 2. The van der Waals surface area contributed by atoms with Gasteiger partial charge in [0.2, 0.25) is 5.91 Å². The molecule has 1 aromatic carbocycles. The first-order valence-corrected chi connectivity index (χ1v) is 10.1. The number of nitrogens with one attached hydrogen (secondary N) is 2. The topological polar surface area (TPSA) is 93.1 Å². The van der Waals surface area contributed by atoms with Gasteiger partial charge in [0.05, 0.1) is 10.9 Å². The van der Waals surface area contributed by atoms with Crippen molar-refractivity contribution in [2.75, 3.05) is 6.54 Å². The number of carbonyl (C=O) groups is 2. The lowest BCUT2D eigenvalue weighted by Gasteiger charge is -2.17. The van der Waals surface area contributed by atoms with Gasteiger partial charge in [-0.2, -0.15) is 0 Å². The van der Waals surface area contributed by atoms with E-state index in [1.807, 2.05) is 6.92 Å². The number of amides is 2. The largest absolute Gasteiger partial charge is 0.354 e. The molecule has 1 unspecified atom stereocenters. The van der Waals surface area contributed by atoms with Gasteiger partial charge in [-0.05, 0) is 44.4 Å². The van der Waals surface area contributed by atoms with Crippen molar-refractivity contribution in [3.05, 3.63) is 39.9 Å². The fraction of sp³-hybridized carbons (Fsp3) is 0.524. The highest BCUT2D eigenvalue weighted by Gasteiger charge is 2.18. The fourth-order valence-corrected chi connectivity index (χ4v) is 3.48. The van der Waals surface area contributed by atoms with E-state index < -0.39 is 6.04 Å². The summed E-state index contributed by atoms with van der Waals surface area (Å²) in [7, 11) is 0. The molecule has 0 saturated heterocycles. The highest BCUT2D eigenvalue weighted by molar-refractivity contribution is 5.99. The number of carbonyl (C=O) groups excluding carboxylic acids is 2. The molecule has 2 N–H and O–H groups in total. The van der Waals surface area contributed by atoms with Gasteiger partial charge in [-0.25, -0.2) is 4.98 Å². The molecule has 2 aromatic rings. The summed E-state index contributed by atoms with van der Waals surface area (Å²) in [5.74, 6) is 0.227. The zero-order valence-corrected chi connectivity index (χ0v) is 16.6. The molecule has 7 heteroatoms. The van der Waals surface area contributed by atoms with Gasteiger partial charge in [-0.15, -0.1) is 0 Å². The Morgan fingerprint density at radius 3 is 2.79 bits per heavy atom. The Bertz CT molecular complexity index is 935. The molecule has 3 rings (SSSR count). The summed E-state index contributed by atoms with van der Waals surface area (Å²) in [5, 5.41) is 5.99. The third-order valence-corrected chi connectivity index (χ3v) is 5.12. The van der Waals surface area contributed by atoms with Crippen molar-refractivity contribution in [2.24, 2.45) is 0 Å². The molecule has 0 spiro atoms. The lowest BCUT2D eigenvalue weighted by Crippen LogP contribution is -2.45. The number of hydrogen-bond donors (Lipinski definition) is 2. The number of aryl methyl sites for hydroxylation is 1. The lowest BCUT2D eigenvalue weighted by atomic mass is 10.1. The van der Waals surface area contributed by atoms with Crippen LogP contribution in [0, 0.1) is 0 Å². The number of nitrogens with zero attached hydrogens (tertiary/aromatic N) is 2. The summed E-state index contributed by atoms with van der Waals surface area (Å²) in [4.78, 5) is 42.0. The Kier molecular flexibility index (Phi) is 6.44. The molecule has 7 nitrogen and oxygen atoms in total. The molecule has 2 heterocycles. The zero-order valence-electron chi connectivity index (χ0n) is 16.6. The van der Waals surface area contributed by atoms with Gasteiger partial charge in [0.15, 0.2) is 0 Å². The summed E-state index contributed by atoms with van der Waals surface area (Å²) in [5.41, 5.74) is 0.888. The minimum atomic E-state index is -0.635. The van der Waals surface area contributed by atoms with Gasteiger partial charge in [-0.1, -0.05) is 19.8 Å². The predicted octanol–water partition coefficient (Wildman–Crippen LogP) is 2.16. The van der Waals surface area contributed by atoms with E-state index >= 15 is 0 Å². The van der Waals surface area contributed by atoms with Crippen LogP contribution in [0.3, 0.4) is 0 Å². The molecule has 0 bridgehead atoms. The molecular weight excluding hydrogens is 356 g/mol. The number of hydrogen-bond acceptors (Lipinski definition) is 4. The van der Waals surface area contributed by atoms with E-state index in [1.165, 1.54) is 0 Å². The van der Waals surface area contributed by atoms with E-state index in [4.69, 9.17) is 0 Å². The molecule has 0 saturated carbocycles. The van der Waals surface area contributed by atoms with Crippen molar-refractivity contribution < 1.29 is 9.59 Å². The maximum atomic E-state index is 12.9. The van der Waals surface area contributed by atoms with Crippen molar-refractivity contribution in [3.8, 4) is 0 Å². The first kappa shape index (κ1) is 20.0. The molecule has 0 radical (unpaired) electrons. The molecule has 1 aromatic heterocycles. The van der Waals surface area contributed by atoms with Crippen molar-refractivity contribution in [1.82, 2.24) is 20.2 Å². The molecule has 1 atom stereocenters. The van der Waals surface area contributed by atoms with E-state index in [-0.39, 0.29) is 17.4 Å². The van der Waals surface area contributed by atoms with Crippen LogP contribution in [0.1, 0.15) is 62.1 Å². The first-order chi connectivity index (χ1) is 13.5. The second-order valence-corrected chi connectivity index (χ2v) is 7.37. The predicted molar refractivity (Wildman–Crippen MR) is 108 cm³/mol. The molecule has 1 aliphatic rings. The molecule has 2 amide bonds. The SMILES string of the molecule is CCCNC(=O)C(C)NC(=O)c1ccc2c(=O)n3c(nc2c1)CCCCCC3. The lowest BCUT2D eigenvalue weighted by molar-refractivity contribution is -0.122. The summed E-state index contributed by atoms with van der Waals surface area (Å²) in [6.45, 7) is 4.89. The maximum Gasteiger partial charge on any atom is 0.261 e. The molecule has 28 heavy (non-hydrogen) atoms. The van der Waals surface area contributed by atoms with Crippen molar-refractivity contribution >= 4 is 22.7 Å². The molecule has 0 aliphatic carbocycles. The van der Waals surface area contributed by atoms with E-state index in [2.05, 4.69) is 15.6 Å². The molecule has 150 valence electrons. The van der Waals surface area contributed by atoms with Gasteiger partial charge in [-0.3, -0.25) is 19.0 Å². The molecule has 0 fully saturated rings. The zero-order chi connectivity index (χ0) is 20.1. The monoisotopic (exact) mass is 384 g/mol. The van der Waals surface area contributed by atoms with Crippen molar-refractivity contribution in [3.63, 3.8) is 0 Å². The standard InChI is InChI=1S/C21H28N4O3/c1-3-11-22-19(26)14(2)23-20(27)15-9-10-16-17(13-15)24-18-8-6-4-5-7-12-25(18)21(16)28/h9-10,13-14H,3-8,11-12H2,1-2H3,(H,22,26)(H,23,27). The summed E-state index contributed by atoms with van der Waals surface area (Å²) < 4.78 is 1.78. The Morgan fingerprint density at radius 1 is 1.21 bits per heavy atom. The van der Waals surface area contributed by atoms with Crippen LogP contribution in [-0.4, -0.2) is 34.0 Å². The first-order valence-electron chi connectivity index (χ1n) is 10.1. The van der Waals surface area contributed by atoms with Gasteiger partial charge < -0.3 is 10.6 Å². The Balaban J connectivity index is 1.85. The van der Waals surface area contributed by atoms with E-state index in [0.717, 1.165) is 44.3 Å². The van der Waals surface area contributed by atoms with Crippen LogP contribution in [0.4, 0.5) is 0 Å². The average Bonchev–Trinajstić information content (AvgIpc) is 2.67. The van der Waals surface area contributed by atoms with Crippen LogP contribution in [0.25, 0.3) is 10.9 Å². The minimum absolute atomic E-state index is 0.0406. The molecule has 1 aliphatic heterocycles. The minimum Gasteiger partial charge on any atom is -0.354 e. The highest BCUT2D eigenvalue weighted by Crippen LogP contribution is 2.16. The van der Waals surface area contributed by atoms with Crippen LogP contribution in [0.5, 0.6) is 0 Å².